The Kier molecular flexibility index (Phi) is 6.61. The standard InChI is InChI=1S/C23H15F4N5O3S/c1-35-18-8-13(12(10-29)7-15(18)24)19-9-16-20(36-19)21(33)32(22(34)31(16)6-2-4-28)17-11-30-5-3-14(17)23(25,26)27/h3,5,7-9,11,16,20H,2,6H2,1H3. The lowest BCUT2D eigenvalue weighted by atomic mass is 10.0. The molecular weight excluding hydrogens is 502 g/mol. The molecule has 1 aromatic carbocycles. The number of thioether (sulfide) groups is 1. The molecule has 2 atom stereocenters. The third kappa shape index (κ3) is 4.22. The van der Waals surface area contributed by atoms with Crippen molar-refractivity contribution in [3.8, 4) is 17.9 Å². The summed E-state index contributed by atoms with van der Waals surface area (Å²) >= 11 is 0.924. The molecule has 13 heteroatoms. The third-order valence-corrected chi connectivity index (χ3v) is 6.98. The van der Waals surface area contributed by atoms with Gasteiger partial charge in [-0.25, -0.2) is 14.1 Å². The summed E-state index contributed by atoms with van der Waals surface area (Å²) in [4.78, 5) is 32.3. The van der Waals surface area contributed by atoms with Crippen molar-refractivity contribution < 1.29 is 31.9 Å². The summed E-state index contributed by atoms with van der Waals surface area (Å²) in [6.45, 7) is -0.163. The number of benzene rings is 1. The van der Waals surface area contributed by atoms with Gasteiger partial charge in [-0.3, -0.25) is 9.78 Å². The van der Waals surface area contributed by atoms with Gasteiger partial charge in [-0.05, 0) is 24.3 Å². The van der Waals surface area contributed by atoms with Gasteiger partial charge >= 0.3 is 12.2 Å². The van der Waals surface area contributed by atoms with Crippen molar-refractivity contribution in [2.45, 2.75) is 23.9 Å². The fourth-order valence-corrected chi connectivity index (χ4v) is 5.37. The lowest BCUT2D eigenvalue weighted by Crippen LogP contribution is -2.62. The van der Waals surface area contributed by atoms with Crippen LogP contribution in [-0.4, -0.2) is 46.8 Å². The van der Waals surface area contributed by atoms with Crippen molar-refractivity contribution in [3.63, 3.8) is 0 Å². The molecule has 3 amide bonds. The number of ether oxygens (including phenoxy) is 1. The number of pyridine rings is 1. The predicted molar refractivity (Wildman–Crippen MR) is 120 cm³/mol. The first-order chi connectivity index (χ1) is 17.1. The number of methoxy groups -OCH3 is 1. The molecule has 1 aromatic heterocycles. The largest absolute Gasteiger partial charge is 0.494 e. The number of aromatic nitrogens is 1. The molecule has 0 spiro atoms. The van der Waals surface area contributed by atoms with Crippen molar-refractivity contribution >= 4 is 34.3 Å². The number of anilines is 1. The summed E-state index contributed by atoms with van der Waals surface area (Å²) in [5.41, 5.74) is -1.77. The highest BCUT2D eigenvalue weighted by Gasteiger charge is 2.51. The zero-order valence-electron chi connectivity index (χ0n) is 18.4. The molecule has 2 aliphatic heterocycles. The number of urea groups is 1. The Morgan fingerprint density at radius 2 is 2.00 bits per heavy atom. The van der Waals surface area contributed by atoms with Gasteiger partial charge in [-0.2, -0.15) is 23.7 Å². The van der Waals surface area contributed by atoms with E-state index in [9.17, 15) is 32.4 Å². The number of fused-ring (bicyclic) bond motifs is 1. The molecule has 0 radical (unpaired) electrons. The number of rotatable bonds is 5. The Morgan fingerprint density at radius 3 is 2.64 bits per heavy atom. The third-order valence-electron chi connectivity index (χ3n) is 5.64. The summed E-state index contributed by atoms with van der Waals surface area (Å²) in [7, 11) is 1.24. The van der Waals surface area contributed by atoms with Crippen molar-refractivity contribution in [1.29, 1.82) is 10.5 Å². The predicted octanol–water partition coefficient (Wildman–Crippen LogP) is 4.33. The molecule has 36 heavy (non-hydrogen) atoms. The van der Waals surface area contributed by atoms with Crippen LogP contribution < -0.4 is 9.64 Å². The monoisotopic (exact) mass is 517 g/mol. The number of carbonyl (C=O) groups is 2. The average molecular weight is 517 g/mol. The number of halogens is 4. The number of nitrogens with zero attached hydrogens (tertiary/aromatic N) is 5. The maximum absolute atomic E-state index is 14.1. The summed E-state index contributed by atoms with van der Waals surface area (Å²) < 4.78 is 60.2. The first-order valence-electron chi connectivity index (χ1n) is 10.3. The summed E-state index contributed by atoms with van der Waals surface area (Å²) in [5.74, 6) is -1.85. The molecule has 0 N–H and O–H groups in total. The van der Waals surface area contributed by atoms with E-state index >= 15 is 0 Å². The minimum absolute atomic E-state index is 0.0588. The lowest BCUT2D eigenvalue weighted by Gasteiger charge is -2.41. The summed E-state index contributed by atoms with van der Waals surface area (Å²) in [6, 6.07) is 4.70. The Balaban J connectivity index is 1.81. The van der Waals surface area contributed by atoms with Gasteiger partial charge in [0.25, 0.3) is 5.91 Å². The fourth-order valence-electron chi connectivity index (χ4n) is 4.02. The first kappa shape index (κ1) is 25.0. The lowest BCUT2D eigenvalue weighted by molar-refractivity contribution is -0.137. The van der Waals surface area contributed by atoms with Crippen LogP contribution >= 0.6 is 11.8 Å². The molecule has 3 heterocycles. The Bertz CT molecular complexity index is 1360. The number of hydrogen-bond donors (Lipinski definition) is 0. The van der Waals surface area contributed by atoms with Crippen LogP contribution in [0.3, 0.4) is 0 Å². The van der Waals surface area contributed by atoms with Gasteiger partial charge in [0, 0.05) is 23.2 Å². The Morgan fingerprint density at radius 1 is 1.25 bits per heavy atom. The second-order valence-electron chi connectivity index (χ2n) is 7.65. The van der Waals surface area contributed by atoms with E-state index in [1.165, 1.54) is 19.3 Å². The van der Waals surface area contributed by atoms with Crippen LogP contribution in [0.2, 0.25) is 0 Å². The average Bonchev–Trinajstić information content (AvgIpc) is 3.29. The highest BCUT2D eigenvalue weighted by Crippen LogP contribution is 2.47. The van der Waals surface area contributed by atoms with Gasteiger partial charge in [0.1, 0.15) is 5.25 Å². The number of imide groups is 1. The van der Waals surface area contributed by atoms with Crippen LogP contribution in [0.25, 0.3) is 4.91 Å². The Hall–Kier alpha value is -4.10. The second-order valence-corrected chi connectivity index (χ2v) is 8.84. The van der Waals surface area contributed by atoms with Crippen LogP contribution in [0.15, 0.2) is 36.7 Å². The normalized spacial score (nSPS) is 19.5. The SMILES string of the molecule is COc1cc(C2=CC3C(S2)C(=O)N(c2cnccc2C(F)(F)F)C(=O)N3CCC#N)c(C#N)cc1F. The van der Waals surface area contributed by atoms with Crippen LogP contribution in [0.4, 0.5) is 28.0 Å². The minimum atomic E-state index is -4.87. The number of amides is 3. The fraction of sp³-hybridized carbons (Fsp3) is 0.261. The first-order valence-corrected chi connectivity index (χ1v) is 11.2. The molecule has 0 bridgehead atoms. The highest BCUT2D eigenvalue weighted by atomic mass is 32.2. The van der Waals surface area contributed by atoms with E-state index in [2.05, 4.69) is 4.98 Å². The van der Waals surface area contributed by atoms with Crippen molar-refractivity contribution in [3.05, 3.63) is 59.2 Å². The number of hydrogen-bond acceptors (Lipinski definition) is 7. The molecule has 2 aliphatic rings. The summed E-state index contributed by atoms with van der Waals surface area (Å²) in [5, 5.41) is 17.5. The second kappa shape index (κ2) is 9.51. The van der Waals surface area contributed by atoms with Gasteiger partial charge in [-0.1, -0.05) is 0 Å². The van der Waals surface area contributed by atoms with Crippen molar-refractivity contribution in [2.75, 3.05) is 18.6 Å². The highest BCUT2D eigenvalue weighted by molar-refractivity contribution is 8.09. The molecule has 1 fully saturated rings. The zero-order valence-corrected chi connectivity index (χ0v) is 19.2. The van der Waals surface area contributed by atoms with Gasteiger partial charge in [-0.15, -0.1) is 11.8 Å². The van der Waals surface area contributed by atoms with Crippen LogP contribution in [0, 0.1) is 28.5 Å². The molecule has 184 valence electrons. The quantitative estimate of drug-likeness (QED) is 0.543. The van der Waals surface area contributed by atoms with Crippen LogP contribution in [0.1, 0.15) is 23.1 Å². The molecule has 8 nitrogen and oxygen atoms in total. The van der Waals surface area contributed by atoms with Crippen LogP contribution in [0.5, 0.6) is 5.75 Å². The van der Waals surface area contributed by atoms with E-state index in [1.54, 1.807) is 0 Å². The molecule has 1 saturated heterocycles. The molecule has 2 unspecified atom stereocenters. The number of alkyl halides is 3. The van der Waals surface area contributed by atoms with E-state index < -0.39 is 46.5 Å². The van der Waals surface area contributed by atoms with Crippen molar-refractivity contribution in [2.24, 2.45) is 0 Å². The van der Waals surface area contributed by atoms with E-state index in [0.29, 0.717) is 15.9 Å². The van der Waals surface area contributed by atoms with E-state index in [1.807, 2.05) is 12.1 Å². The maximum atomic E-state index is 14.1. The van der Waals surface area contributed by atoms with Crippen molar-refractivity contribution in [1.82, 2.24) is 9.88 Å². The topological polar surface area (TPSA) is 110 Å². The molecule has 0 saturated carbocycles. The molecule has 2 aromatic rings. The molecular formula is C23H15F4N5O3S. The van der Waals surface area contributed by atoms with Gasteiger partial charge in [0.05, 0.1) is 54.7 Å². The number of nitriles is 2. The van der Waals surface area contributed by atoms with E-state index in [0.717, 1.165) is 35.1 Å². The smallest absolute Gasteiger partial charge is 0.418 e. The minimum Gasteiger partial charge on any atom is -0.494 e. The Labute approximate surface area is 206 Å². The zero-order chi connectivity index (χ0) is 26.2. The van der Waals surface area contributed by atoms with Gasteiger partial charge in [0.2, 0.25) is 0 Å². The van der Waals surface area contributed by atoms with Gasteiger partial charge < -0.3 is 9.64 Å². The van der Waals surface area contributed by atoms with E-state index in [-0.39, 0.29) is 29.8 Å². The molecule has 4 rings (SSSR count). The number of carbonyl (C=O) groups excluding carboxylic acids is 2. The summed E-state index contributed by atoms with van der Waals surface area (Å²) in [6.07, 6.45) is -1.81. The van der Waals surface area contributed by atoms with Crippen LogP contribution in [-0.2, 0) is 11.0 Å². The maximum Gasteiger partial charge on any atom is 0.418 e. The van der Waals surface area contributed by atoms with E-state index in [4.69, 9.17) is 10.00 Å². The molecule has 0 aliphatic carbocycles. The van der Waals surface area contributed by atoms with Gasteiger partial charge in [0.15, 0.2) is 11.6 Å².